The van der Waals surface area contributed by atoms with Crippen LogP contribution in [-0.4, -0.2) is 43.7 Å². The lowest BCUT2D eigenvalue weighted by molar-refractivity contribution is 0.261. The molecule has 0 fully saturated rings. The smallest absolute Gasteiger partial charge is 0.120 e. The lowest BCUT2D eigenvalue weighted by atomic mass is 10.1. The molecule has 0 saturated heterocycles. The predicted molar refractivity (Wildman–Crippen MR) is 75.1 cm³/mol. The third-order valence-corrected chi connectivity index (χ3v) is 2.96. The SMILES string of the molecule is CN(C)CCOc1ccc2[nH]cc(CCN)c2c1. The van der Waals surface area contributed by atoms with E-state index in [4.69, 9.17) is 10.5 Å². The largest absolute Gasteiger partial charge is 0.492 e. The molecule has 0 bridgehead atoms. The Labute approximate surface area is 108 Å². The van der Waals surface area contributed by atoms with Crippen LogP contribution in [0.15, 0.2) is 24.4 Å². The number of benzene rings is 1. The fraction of sp³-hybridized carbons (Fsp3) is 0.429. The highest BCUT2D eigenvalue weighted by atomic mass is 16.5. The number of aromatic amines is 1. The summed E-state index contributed by atoms with van der Waals surface area (Å²) in [5.74, 6) is 0.919. The third kappa shape index (κ3) is 3.03. The zero-order chi connectivity index (χ0) is 13.0. The van der Waals surface area contributed by atoms with Crippen LogP contribution in [0.4, 0.5) is 0 Å². The topological polar surface area (TPSA) is 54.3 Å². The van der Waals surface area contributed by atoms with Crippen molar-refractivity contribution >= 4 is 10.9 Å². The maximum atomic E-state index is 5.74. The number of nitrogens with zero attached hydrogens (tertiary/aromatic N) is 1. The lowest BCUT2D eigenvalue weighted by Crippen LogP contribution is -2.19. The Balaban J connectivity index is 2.12. The molecule has 18 heavy (non-hydrogen) atoms. The number of fused-ring (bicyclic) bond motifs is 1. The fourth-order valence-corrected chi connectivity index (χ4v) is 1.96. The van der Waals surface area contributed by atoms with Crippen LogP contribution >= 0.6 is 0 Å². The maximum absolute atomic E-state index is 5.74. The van der Waals surface area contributed by atoms with Crippen molar-refractivity contribution in [3.8, 4) is 5.75 Å². The first-order valence-electron chi connectivity index (χ1n) is 6.28. The molecule has 98 valence electrons. The van der Waals surface area contributed by atoms with Crippen LogP contribution in [0.2, 0.25) is 0 Å². The number of aromatic nitrogens is 1. The Hall–Kier alpha value is -1.52. The molecular formula is C14H21N3O. The molecule has 0 amide bonds. The summed E-state index contributed by atoms with van der Waals surface area (Å²) in [4.78, 5) is 5.36. The minimum atomic E-state index is 0.665. The van der Waals surface area contributed by atoms with Gasteiger partial charge < -0.3 is 20.4 Å². The molecule has 2 aromatic rings. The number of nitrogens with one attached hydrogen (secondary N) is 1. The molecule has 0 aliphatic carbocycles. The van der Waals surface area contributed by atoms with Gasteiger partial charge >= 0.3 is 0 Å². The van der Waals surface area contributed by atoms with E-state index in [1.54, 1.807) is 0 Å². The van der Waals surface area contributed by atoms with Gasteiger partial charge in [0.15, 0.2) is 0 Å². The van der Waals surface area contributed by atoms with Crippen molar-refractivity contribution in [2.45, 2.75) is 6.42 Å². The third-order valence-electron chi connectivity index (χ3n) is 2.96. The highest BCUT2D eigenvalue weighted by molar-refractivity contribution is 5.84. The van der Waals surface area contributed by atoms with Gasteiger partial charge in [-0.3, -0.25) is 0 Å². The van der Waals surface area contributed by atoms with Gasteiger partial charge in [0.2, 0.25) is 0 Å². The van der Waals surface area contributed by atoms with E-state index >= 15 is 0 Å². The number of likely N-dealkylation sites (N-methyl/N-ethyl adjacent to an activating group) is 1. The molecule has 4 heteroatoms. The Bertz CT molecular complexity index is 505. The number of nitrogens with two attached hydrogens (primary N) is 1. The Kier molecular flexibility index (Phi) is 4.23. The minimum absolute atomic E-state index is 0.665. The molecule has 0 saturated carbocycles. The van der Waals surface area contributed by atoms with Gasteiger partial charge in [-0.25, -0.2) is 0 Å². The van der Waals surface area contributed by atoms with Gasteiger partial charge in [-0.05, 0) is 50.8 Å². The van der Waals surface area contributed by atoms with E-state index in [0.717, 1.165) is 24.2 Å². The van der Waals surface area contributed by atoms with Crippen molar-refractivity contribution in [3.63, 3.8) is 0 Å². The zero-order valence-electron chi connectivity index (χ0n) is 11.1. The average Bonchev–Trinajstić information content (AvgIpc) is 2.72. The molecule has 0 spiro atoms. The van der Waals surface area contributed by atoms with Crippen LogP contribution in [0.1, 0.15) is 5.56 Å². The van der Waals surface area contributed by atoms with E-state index < -0.39 is 0 Å². The molecule has 0 aliphatic rings. The second kappa shape index (κ2) is 5.89. The summed E-state index contributed by atoms with van der Waals surface area (Å²) >= 11 is 0. The maximum Gasteiger partial charge on any atom is 0.120 e. The van der Waals surface area contributed by atoms with Crippen molar-refractivity contribution in [2.24, 2.45) is 5.73 Å². The second-order valence-corrected chi connectivity index (χ2v) is 4.71. The van der Waals surface area contributed by atoms with E-state index in [-0.39, 0.29) is 0 Å². The van der Waals surface area contributed by atoms with E-state index in [2.05, 4.69) is 22.0 Å². The Morgan fingerprint density at radius 1 is 1.33 bits per heavy atom. The van der Waals surface area contributed by atoms with Crippen LogP contribution in [0.5, 0.6) is 5.75 Å². The summed E-state index contributed by atoms with van der Waals surface area (Å²) in [7, 11) is 4.08. The van der Waals surface area contributed by atoms with E-state index in [1.165, 1.54) is 10.9 Å². The number of hydrogen-bond donors (Lipinski definition) is 2. The highest BCUT2D eigenvalue weighted by Gasteiger charge is 2.04. The molecule has 0 radical (unpaired) electrons. The molecule has 1 heterocycles. The highest BCUT2D eigenvalue weighted by Crippen LogP contribution is 2.23. The van der Waals surface area contributed by atoms with Crippen molar-refractivity contribution in [1.82, 2.24) is 9.88 Å². The molecule has 0 unspecified atom stereocenters. The van der Waals surface area contributed by atoms with Crippen molar-refractivity contribution in [1.29, 1.82) is 0 Å². The normalized spacial score (nSPS) is 11.3. The molecule has 1 aromatic carbocycles. The van der Waals surface area contributed by atoms with Gasteiger partial charge in [-0.15, -0.1) is 0 Å². The summed E-state index contributed by atoms with van der Waals surface area (Å²) in [5, 5.41) is 1.21. The second-order valence-electron chi connectivity index (χ2n) is 4.71. The van der Waals surface area contributed by atoms with Gasteiger partial charge in [0, 0.05) is 23.6 Å². The average molecular weight is 247 g/mol. The van der Waals surface area contributed by atoms with Gasteiger partial charge in [0.1, 0.15) is 12.4 Å². The number of rotatable bonds is 6. The van der Waals surface area contributed by atoms with Crippen molar-refractivity contribution in [2.75, 3.05) is 33.8 Å². The summed E-state index contributed by atoms with van der Waals surface area (Å²) in [6, 6.07) is 6.15. The molecule has 0 atom stereocenters. The van der Waals surface area contributed by atoms with Gasteiger partial charge in [-0.2, -0.15) is 0 Å². The standard InChI is InChI=1S/C14H21N3O/c1-17(2)7-8-18-12-3-4-14-13(9-12)11(5-6-15)10-16-14/h3-4,9-10,16H,5-8,15H2,1-2H3. The predicted octanol–water partition coefficient (Wildman–Crippen LogP) is 1.61. The van der Waals surface area contributed by atoms with E-state index in [1.807, 2.05) is 26.4 Å². The molecule has 2 rings (SSSR count). The monoisotopic (exact) mass is 247 g/mol. The summed E-state index contributed by atoms with van der Waals surface area (Å²) < 4.78 is 5.74. The first-order chi connectivity index (χ1) is 8.70. The van der Waals surface area contributed by atoms with E-state index in [9.17, 15) is 0 Å². The van der Waals surface area contributed by atoms with Gasteiger partial charge in [0.25, 0.3) is 0 Å². The summed E-state index contributed by atoms with van der Waals surface area (Å²) in [6.45, 7) is 2.29. The lowest BCUT2D eigenvalue weighted by Gasteiger charge is -2.11. The number of ether oxygens (including phenoxy) is 1. The van der Waals surface area contributed by atoms with Crippen LogP contribution in [0, 0.1) is 0 Å². The van der Waals surface area contributed by atoms with Crippen LogP contribution in [-0.2, 0) is 6.42 Å². The molecular weight excluding hydrogens is 226 g/mol. The molecule has 1 aromatic heterocycles. The Morgan fingerprint density at radius 3 is 2.89 bits per heavy atom. The number of hydrogen-bond acceptors (Lipinski definition) is 3. The van der Waals surface area contributed by atoms with Gasteiger partial charge in [-0.1, -0.05) is 0 Å². The zero-order valence-corrected chi connectivity index (χ0v) is 11.1. The van der Waals surface area contributed by atoms with Crippen LogP contribution in [0.25, 0.3) is 10.9 Å². The fourth-order valence-electron chi connectivity index (χ4n) is 1.96. The first kappa shape index (κ1) is 12.9. The minimum Gasteiger partial charge on any atom is -0.492 e. The van der Waals surface area contributed by atoms with Crippen molar-refractivity contribution < 1.29 is 4.74 Å². The Morgan fingerprint density at radius 2 is 2.17 bits per heavy atom. The first-order valence-corrected chi connectivity index (χ1v) is 6.28. The molecule has 4 nitrogen and oxygen atoms in total. The summed E-state index contributed by atoms with van der Waals surface area (Å²) in [6.07, 6.45) is 2.92. The molecule has 0 aliphatic heterocycles. The van der Waals surface area contributed by atoms with Crippen LogP contribution in [0.3, 0.4) is 0 Å². The van der Waals surface area contributed by atoms with Gasteiger partial charge in [0.05, 0.1) is 0 Å². The molecule has 3 N–H and O–H groups in total. The summed E-state index contributed by atoms with van der Waals surface area (Å²) in [5.41, 5.74) is 8.00. The van der Waals surface area contributed by atoms with Crippen molar-refractivity contribution in [3.05, 3.63) is 30.0 Å². The van der Waals surface area contributed by atoms with E-state index in [0.29, 0.717) is 13.2 Å². The number of H-pyrrole nitrogens is 1. The van der Waals surface area contributed by atoms with Crippen LogP contribution < -0.4 is 10.5 Å². The quantitative estimate of drug-likeness (QED) is 0.815.